The van der Waals surface area contributed by atoms with E-state index in [0.29, 0.717) is 12.8 Å². The van der Waals surface area contributed by atoms with E-state index in [9.17, 15) is 4.79 Å². The first-order valence-electron chi connectivity index (χ1n) is 5.20. The molecule has 0 fully saturated rings. The Morgan fingerprint density at radius 1 is 1.67 bits per heavy atom. The Bertz CT molecular complexity index is 320. The number of ketones is 1. The summed E-state index contributed by atoms with van der Waals surface area (Å²) in [6.07, 6.45) is 5.80. The molecule has 0 saturated heterocycles. The van der Waals surface area contributed by atoms with Gasteiger partial charge in [0.25, 0.3) is 0 Å². The van der Waals surface area contributed by atoms with Crippen molar-refractivity contribution in [3.05, 3.63) is 11.8 Å². The van der Waals surface area contributed by atoms with Crippen LogP contribution in [0.2, 0.25) is 0 Å². The van der Waals surface area contributed by atoms with Crippen molar-refractivity contribution in [3.63, 3.8) is 0 Å². The first kappa shape index (κ1) is 11.8. The maximum absolute atomic E-state index is 11.4. The lowest BCUT2D eigenvalue weighted by Crippen LogP contribution is -2.40. The van der Waals surface area contributed by atoms with Gasteiger partial charge in [-0.15, -0.1) is 0 Å². The van der Waals surface area contributed by atoms with Crippen LogP contribution in [0.3, 0.4) is 0 Å². The number of rotatable bonds is 5. The van der Waals surface area contributed by atoms with Gasteiger partial charge < -0.3 is 10.1 Å². The third-order valence-corrected chi connectivity index (χ3v) is 2.12. The number of carbonyl (C=O) groups excluding carboxylic acids is 1. The second-order valence-electron chi connectivity index (χ2n) is 3.94. The number of hydrogen-bond acceptors (Lipinski definition) is 3. The Morgan fingerprint density at radius 3 is 2.87 bits per heavy atom. The Balaban J connectivity index is 2.52. The van der Waals surface area contributed by atoms with Crippen LogP contribution < -0.4 is 5.32 Å². The minimum atomic E-state index is -0.170. The molecule has 1 unspecified atom stereocenters. The van der Waals surface area contributed by atoms with Gasteiger partial charge in [0, 0.05) is 18.9 Å². The van der Waals surface area contributed by atoms with E-state index in [1.165, 1.54) is 0 Å². The molecule has 1 aliphatic rings. The lowest BCUT2D eigenvalue weighted by atomic mass is 10.1. The molecule has 15 heavy (non-hydrogen) atoms. The molecule has 3 heteroatoms. The van der Waals surface area contributed by atoms with Crippen molar-refractivity contribution in [2.75, 3.05) is 0 Å². The molecule has 1 atom stereocenters. The van der Waals surface area contributed by atoms with Crippen molar-refractivity contribution < 1.29 is 9.53 Å². The van der Waals surface area contributed by atoms with Crippen molar-refractivity contribution >= 4 is 5.78 Å². The maximum atomic E-state index is 11.4. The number of Topliss-reactive ketones (excluding diaryl/α,β-unsaturated/α-hetero) is 1. The molecule has 0 aromatic rings. The average molecular weight is 207 g/mol. The molecule has 0 aromatic heterocycles. The SMILES string of the molecule is CC(=O)C(CC1=CCC#CO1)NC(C)C. The summed E-state index contributed by atoms with van der Waals surface area (Å²) >= 11 is 0. The van der Waals surface area contributed by atoms with Crippen molar-refractivity contribution in [2.24, 2.45) is 0 Å². The Hall–Kier alpha value is -1.27. The van der Waals surface area contributed by atoms with Crippen LogP contribution in [0.4, 0.5) is 0 Å². The van der Waals surface area contributed by atoms with Gasteiger partial charge in [-0.25, -0.2) is 0 Å². The zero-order valence-corrected chi connectivity index (χ0v) is 9.46. The van der Waals surface area contributed by atoms with E-state index < -0.39 is 0 Å². The van der Waals surface area contributed by atoms with E-state index in [-0.39, 0.29) is 17.9 Å². The lowest BCUT2D eigenvalue weighted by Gasteiger charge is -2.19. The van der Waals surface area contributed by atoms with E-state index in [2.05, 4.69) is 17.3 Å². The summed E-state index contributed by atoms with van der Waals surface area (Å²) in [5.41, 5.74) is 0. The van der Waals surface area contributed by atoms with Crippen LogP contribution in [0.5, 0.6) is 0 Å². The standard InChI is InChI=1S/C12H17NO2/c1-9(2)13-12(10(3)14)8-11-6-4-5-7-15-11/h6,9,12-13H,4,8H2,1-3H3. The Kier molecular flexibility index (Phi) is 4.38. The van der Waals surface area contributed by atoms with Gasteiger partial charge in [0.15, 0.2) is 0 Å². The van der Waals surface area contributed by atoms with Crippen LogP contribution in [0.15, 0.2) is 11.8 Å². The highest BCUT2D eigenvalue weighted by Gasteiger charge is 2.18. The highest BCUT2D eigenvalue weighted by molar-refractivity contribution is 5.81. The molecular formula is C12H17NO2. The van der Waals surface area contributed by atoms with Gasteiger partial charge in [-0.05, 0) is 13.0 Å². The van der Waals surface area contributed by atoms with Gasteiger partial charge in [0.2, 0.25) is 0 Å². The summed E-state index contributed by atoms with van der Waals surface area (Å²) in [4.78, 5) is 11.4. The molecule has 0 aliphatic carbocycles. The molecule has 0 aromatic carbocycles. The quantitative estimate of drug-likeness (QED) is 0.696. The fourth-order valence-electron chi connectivity index (χ4n) is 1.40. The summed E-state index contributed by atoms with van der Waals surface area (Å²) in [5.74, 6) is 3.73. The molecule has 1 rings (SSSR count). The molecular weight excluding hydrogens is 190 g/mol. The van der Waals surface area contributed by atoms with Crippen molar-refractivity contribution in [3.8, 4) is 12.0 Å². The van der Waals surface area contributed by atoms with Crippen LogP contribution in [0.25, 0.3) is 0 Å². The number of carbonyl (C=O) groups is 1. The monoisotopic (exact) mass is 207 g/mol. The van der Waals surface area contributed by atoms with Crippen LogP contribution >= 0.6 is 0 Å². The van der Waals surface area contributed by atoms with Gasteiger partial charge in [0.1, 0.15) is 17.6 Å². The van der Waals surface area contributed by atoms with E-state index in [1.54, 1.807) is 6.92 Å². The average Bonchev–Trinajstić information content (AvgIpc) is 2.17. The number of allylic oxidation sites excluding steroid dienone is 1. The fraction of sp³-hybridized carbons (Fsp3) is 0.583. The summed E-state index contributed by atoms with van der Waals surface area (Å²) in [6.45, 7) is 5.63. The number of nitrogens with one attached hydrogen (secondary N) is 1. The molecule has 1 N–H and O–H groups in total. The van der Waals surface area contributed by atoms with Crippen LogP contribution in [0, 0.1) is 12.0 Å². The van der Waals surface area contributed by atoms with Crippen LogP contribution in [0.1, 0.15) is 33.6 Å². The molecule has 0 radical (unpaired) electrons. The maximum Gasteiger partial charge on any atom is 0.147 e. The summed E-state index contributed by atoms with van der Waals surface area (Å²) < 4.78 is 5.15. The van der Waals surface area contributed by atoms with Crippen molar-refractivity contribution in [1.29, 1.82) is 0 Å². The highest BCUT2D eigenvalue weighted by atomic mass is 16.5. The zero-order chi connectivity index (χ0) is 11.3. The van der Waals surface area contributed by atoms with Gasteiger partial charge in [-0.2, -0.15) is 0 Å². The third-order valence-electron chi connectivity index (χ3n) is 2.12. The van der Waals surface area contributed by atoms with E-state index >= 15 is 0 Å². The predicted octanol–water partition coefficient (Wildman–Crippen LogP) is 1.60. The van der Waals surface area contributed by atoms with Gasteiger partial charge >= 0.3 is 0 Å². The van der Waals surface area contributed by atoms with Gasteiger partial charge in [-0.1, -0.05) is 19.8 Å². The first-order valence-corrected chi connectivity index (χ1v) is 5.20. The largest absolute Gasteiger partial charge is 0.412 e. The molecule has 1 aliphatic heterocycles. The molecule has 0 amide bonds. The second kappa shape index (κ2) is 5.57. The predicted molar refractivity (Wildman–Crippen MR) is 58.9 cm³/mol. The van der Waals surface area contributed by atoms with Crippen LogP contribution in [-0.4, -0.2) is 17.9 Å². The summed E-state index contributed by atoms with van der Waals surface area (Å²) in [6, 6.07) is 0.116. The minimum Gasteiger partial charge on any atom is -0.412 e. The summed E-state index contributed by atoms with van der Waals surface area (Å²) in [5, 5.41) is 3.21. The summed E-state index contributed by atoms with van der Waals surface area (Å²) in [7, 11) is 0. The molecule has 3 nitrogen and oxygen atoms in total. The van der Waals surface area contributed by atoms with E-state index in [1.807, 2.05) is 19.9 Å². The van der Waals surface area contributed by atoms with Crippen LogP contribution in [-0.2, 0) is 9.53 Å². The lowest BCUT2D eigenvalue weighted by molar-refractivity contribution is -0.119. The van der Waals surface area contributed by atoms with E-state index in [0.717, 1.165) is 5.76 Å². The number of ether oxygens (including phenoxy) is 1. The fourth-order valence-corrected chi connectivity index (χ4v) is 1.40. The van der Waals surface area contributed by atoms with Gasteiger partial charge in [-0.3, -0.25) is 4.79 Å². The van der Waals surface area contributed by atoms with Gasteiger partial charge in [0.05, 0.1) is 6.04 Å². The Morgan fingerprint density at radius 2 is 2.40 bits per heavy atom. The molecule has 0 bridgehead atoms. The second-order valence-corrected chi connectivity index (χ2v) is 3.94. The highest BCUT2D eigenvalue weighted by Crippen LogP contribution is 2.11. The van der Waals surface area contributed by atoms with Crippen molar-refractivity contribution in [1.82, 2.24) is 5.32 Å². The molecule has 0 spiro atoms. The molecule has 82 valence electrons. The Labute approximate surface area is 90.9 Å². The first-order chi connectivity index (χ1) is 7.09. The zero-order valence-electron chi connectivity index (χ0n) is 9.46. The van der Waals surface area contributed by atoms with E-state index in [4.69, 9.17) is 4.74 Å². The molecule has 0 saturated carbocycles. The normalized spacial score (nSPS) is 16.1. The third kappa shape index (κ3) is 4.18. The topological polar surface area (TPSA) is 38.3 Å². The smallest absolute Gasteiger partial charge is 0.147 e. The van der Waals surface area contributed by atoms with Crippen molar-refractivity contribution in [2.45, 2.75) is 45.7 Å². The minimum absolute atomic E-state index is 0.131. The molecule has 1 heterocycles. The number of hydrogen-bond donors (Lipinski definition) is 1.